The van der Waals surface area contributed by atoms with Gasteiger partial charge in [-0.1, -0.05) is 84.0 Å². The smallest absolute Gasteiger partial charge is 0.343 e. The Hall–Kier alpha value is -0.360. The van der Waals surface area contributed by atoms with E-state index in [1.54, 1.807) is 0 Å². The summed E-state index contributed by atoms with van der Waals surface area (Å²) in [4.78, 5) is 22.8. The largest absolute Gasteiger partial charge is 0.376 e. The van der Waals surface area contributed by atoms with Gasteiger partial charge in [-0.2, -0.15) is 0 Å². The zero-order chi connectivity index (χ0) is 18.9. The molecule has 0 aromatic heterocycles. The molecule has 1 fully saturated rings. The van der Waals surface area contributed by atoms with E-state index in [1.807, 2.05) is 0 Å². The fourth-order valence-electron chi connectivity index (χ4n) is 2.97. The normalized spacial score (nSPS) is 18.1. The molecule has 6 heteroatoms. The van der Waals surface area contributed by atoms with E-state index in [9.17, 15) is 9.59 Å². The van der Waals surface area contributed by atoms with Gasteiger partial charge < -0.3 is 4.18 Å². The Bertz CT molecular complexity index is 377. The van der Waals surface area contributed by atoms with Crippen LogP contribution in [0.2, 0.25) is 0 Å². The highest BCUT2D eigenvalue weighted by Crippen LogP contribution is 2.25. The number of carbonyl (C=O) groups is 2. The summed E-state index contributed by atoms with van der Waals surface area (Å²) < 4.78 is 10.4. The van der Waals surface area contributed by atoms with Crippen LogP contribution in [0.1, 0.15) is 110 Å². The van der Waals surface area contributed by atoms with Crippen molar-refractivity contribution in [2.24, 2.45) is 0 Å². The highest BCUT2D eigenvalue weighted by Gasteiger charge is 2.33. The molecule has 0 N–H and O–H groups in total. The molecule has 0 radical (unpaired) electrons. The molecular formula is C20H37O4S2+. The SMILES string of the molecule is CCCCCCCCCCCCCCCC[S+]1OC(=O)CCC(=O)OS1. The zero-order valence-electron chi connectivity index (χ0n) is 16.5. The van der Waals surface area contributed by atoms with Gasteiger partial charge in [-0.3, -0.25) is 4.79 Å². The van der Waals surface area contributed by atoms with Crippen LogP contribution in [0.3, 0.4) is 0 Å². The molecular weight excluding hydrogens is 368 g/mol. The van der Waals surface area contributed by atoms with Gasteiger partial charge in [-0.25, -0.2) is 8.98 Å². The maximum atomic E-state index is 11.5. The van der Waals surface area contributed by atoms with E-state index in [0.29, 0.717) is 0 Å². The molecule has 1 aliphatic heterocycles. The van der Waals surface area contributed by atoms with Crippen LogP contribution >= 0.6 is 11.1 Å². The summed E-state index contributed by atoms with van der Waals surface area (Å²) >= 11 is 1.03. The Morgan fingerprint density at radius 2 is 1.19 bits per heavy atom. The predicted octanol–water partition coefficient (Wildman–Crippen LogP) is 6.44. The molecule has 0 spiro atoms. The summed E-state index contributed by atoms with van der Waals surface area (Å²) in [5.74, 6) is 0.204. The maximum Gasteiger partial charge on any atom is 0.376 e. The molecule has 0 aromatic rings. The van der Waals surface area contributed by atoms with E-state index in [4.69, 9.17) is 8.37 Å². The maximum absolute atomic E-state index is 11.5. The third-order valence-corrected chi connectivity index (χ3v) is 7.35. The summed E-state index contributed by atoms with van der Waals surface area (Å²) in [5, 5.41) is 0. The first-order valence-electron chi connectivity index (χ1n) is 10.5. The summed E-state index contributed by atoms with van der Waals surface area (Å²) in [5.41, 5.74) is 0. The van der Waals surface area contributed by atoms with Crippen molar-refractivity contribution in [2.75, 3.05) is 5.75 Å². The quantitative estimate of drug-likeness (QED) is 0.136. The third kappa shape index (κ3) is 13.8. The Balaban J connectivity index is 1.85. The summed E-state index contributed by atoms with van der Waals surface area (Å²) in [6.45, 7) is 2.27. The molecule has 1 heterocycles. The van der Waals surface area contributed by atoms with Gasteiger partial charge in [0.25, 0.3) is 0 Å². The van der Waals surface area contributed by atoms with Gasteiger partial charge in [0.2, 0.25) is 0 Å². The van der Waals surface area contributed by atoms with Gasteiger partial charge in [0, 0.05) is 0 Å². The molecule has 1 aliphatic rings. The molecule has 1 saturated heterocycles. The fourth-order valence-corrected chi connectivity index (χ4v) is 5.44. The first kappa shape index (κ1) is 23.7. The lowest BCUT2D eigenvalue weighted by atomic mass is 10.0. The monoisotopic (exact) mass is 405 g/mol. The van der Waals surface area contributed by atoms with Crippen LogP contribution in [-0.2, 0) is 28.2 Å². The van der Waals surface area contributed by atoms with Crippen molar-refractivity contribution < 1.29 is 18.0 Å². The van der Waals surface area contributed by atoms with Crippen molar-refractivity contribution in [1.29, 1.82) is 0 Å². The van der Waals surface area contributed by atoms with Gasteiger partial charge in [-0.15, -0.1) is 0 Å². The van der Waals surface area contributed by atoms with Gasteiger partial charge >= 0.3 is 33.2 Å². The van der Waals surface area contributed by atoms with Crippen molar-refractivity contribution in [3.8, 4) is 0 Å². The number of carbonyl (C=O) groups excluding carboxylic acids is 2. The average molecular weight is 406 g/mol. The van der Waals surface area contributed by atoms with Crippen LogP contribution < -0.4 is 0 Å². The molecule has 26 heavy (non-hydrogen) atoms. The van der Waals surface area contributed by atoms with E-state index in [1.165, 1.54) is 77.0 Å². The Morgan fingerprint density at radius 3 is 1.73 bits per heavy atom. The van der Waals surface area contributed by atoms with Crippen LogP contribution in [0.5, 0.6) is 0 Å². The second kappa shape index (κ2) is 16.8. The number of unbranched alkanes of at least 4 members (excludes halogenated alkanes) is 13. The van der Waals surface area contributed by atoms with Crippen molar-refractivity contribution in [2.45, 2.75) is 110 Å². The van der Waals surface area contributed by atoms with Crippen LogP contribution in [0.25, 0.3) is 0 Å². The van der Waals surface area contributed by atoms with E-state index in [2.05, 4.69) is 6.92 Å². The van der Waals surface area contributed by atoms with E-state index >= 15 is 0 Å². The summed E-state index contributed by atoms with van der Waals surface area (Å²) in [6, 6.07) is 0. The molecule has 1 atom stereocenters. The Morgan fingerprint density at radius 1 is 0.731 bits per heavy atom. The molecule has 4 nitrogen and oxygen atoms in total. The van der Waals surface area contributed by atoms with Crippen molar-refractivity contribution in [3.05, 3.63) is 0 Å². The fraction of sp³-hybridized carbons (Fsp3) is 0.900. The molecule has 0 amide bonds. The molecule has 1 unspecified atom stereocenters. The van der Waals surface area contributed by atoms with Crippen LogP contribution in [0.4, 0.5) is 0 Å². The predicted molar refractivity (Wildman–Crippen MR) is 112 cm³/mol. The zero-order valence-corrected chi connectivity index (χ0v) is 18.1. The van der Waals surface area contributed by atoms with E-state index in [-0.39, 0.29) is 24.8 Å². The molecule has 152 valence electrons. The molecule has 0 aromatic carbocycles. The average Bonchev–Trinajstić information content (AvgIpc) is 2.63. The number of hydrogen-bond acceptors (Lipinski definition) is 5. The van der Waals surface area contributed by atoms with Gasteiger partial charge in [0.05, 0.1) is 12.8 Å². The second-order valence-corrected chi connectivity index (χ2v) is 10.1. The minimum atomic E-state index is -0.616. The lowest BCUT2D eigenvalue weighted by Crippen LogP contribution is -2.19. The van der Waals surface area contributed by atoms with Gasteiger partial charge in [-0.05, 0) is 12.8 Å². The first-order valence-corrected chi connectivity index (χ1v) is 13.1. The molecule has 1 rings (SSSR count). The van der Waals surface area contributed by atoms with Gasteiger partial charge in [0.1, 0.15) is 0 Å². The lowest BCUT2D eigenvalue weighted by molar-refractivity contribution is -0.139. The lowest BCUT2D eigenvalue weighted by Gasteiger charge is -2.07. The van der Waals surface area contributed by atoms with E-state index in [0.717, 1.165) is 29.7 Å². The van der Waals surface area contributed by atoms with Gasteiger partial charge in [0.15, 0.2) is 5.75 Å². The third-order valence-electron chi connectivity index (χ3n) is 4.59. The van der Waals surface area contributed by atoms with E-state index < -0.39 is 10.2 Å². The number of rotatable bonds is 15. The van der Waals surface area contributed by atoms with Crippen LogP contribution in [0, 0.1) is 0 Å². The number of hydrogen-bond donors (Lipinski definition) is 0. The molecule has 0 bridgehead atoms. The van der Waals surface area contributed by atoms with Crippen molar-refractivity contribution >= 4 is 33.2 Å². The Labute approximate surface area is 166 Å². The van der Waals surface area contributed by atoms with Crippen molar-refractivity contribution in [3.63, 3.8) is 0 Å². The molecule has 0 saturated carbocycles. The first-order chi connectivity index (χ1) is 12.7. The second-order valence-electron chi connectivity index (χ2n) is 7.08. The summed E-state index contributed by atoms with van der Waals surface area (Å²) in [7, 11) is -0.616. The summed E-state index contributed by atoms with van der Waals surface area (Å²) in [6.07, 6.45) is 18.9. The highest BCUT2D eigenvalue weighted by atomic mass is 33.1. The highest BCUT2D eigenvalue weighted by molar-refractivity contribution is 8.70. The topological polar surface area (TPSA) is 52.6 Å². The Kier molecular flexibility index (Phi) is 15.3. The molecule has 0 aliphatic carbocycles. The minimum Gasteiger partial charge on any atom is -0.343 e. The van der Waals surface area contributed by atoms with Crippen LogP contribution in [-0.4, -0.2) is 17.7 Å². The standard InChI is InChI=1S/C20H37O4S2/c1-2-3-4-5-6-7-8-9-10-11-12-13-14-15-18-26-24-20(22)17-16-19(21)23-25-26/h2-18H2,1H3/q+1. The minimum absolute atomic E-state index is 0.127. The van der Waals surface area contributed by atoms with Crippen molar-refractivity contribution in [1.82, 2.24) is 0 Å². The van der Waals surface area contributed by atoms with Crippen LogP contribution in [0.15, 0.2) is 0 Å².